The SMILES string of the molecule is COCCC1(NC(=O)c2ccc(F)cc2)CCN(Cc2ccc(C(C)C)cc2)C1. The summed E-state index contributed by atoms with van der Waals surface area (Å²) in [6.45, 7) is 7.53. The first kappa shape index (κ1) is 21.5. The molecule has 4 nitrogen and oxygen atoms in total. The summed E-state index contributed by atoms with van der Waals surface area (Å²) in [5, 5.41) is 3.22. The second-order valence-corrected chi connectivity index (χ2v) is 8.34. The number of benzene rings is 2. The monoisotopic (exact) mass is 398 g/mol. The molecule has 0 saturated carbocycles. The molecule has 156 valence electrons. The molecule has 1 amide bonds. The second kappa shape index (κ2) is 9.51. The molecule has 2 aromatic rings. The van der Waals surface area contributed by atoms with E-state index in [0.717, 1.165) is 32.5 Å². The molecule has 1 saturated heterocycles. The minimum atomic E-state index is -0.342. The summed E-state index contributed by atoms with van der Waals surface area (Å²) in [4.78, 5) is 15.1. The van der Waals surface area contributed by atoms with Crippen LogP contribution in [0.4, 0.5) is 4.39 Å². The van der Waals surface area contributed by atoms with Crippen molar-refractivity contribution in [3.63, 3.8) is 0 Å². The number of nitrogens with one attached hydrogen (secondary N) is 1. The maximum atomic E-state index is 13.2. The van der Waals surface area contributed by atoms with Gasteiger partial charge in [0.2, 0.25) is 0 Å². The van der Waals surface area contributed by atoms with Gasteiger partial charge in [-0.3, -0.25) is 9.69 Å². The lowest BCUT2D eigenvalue weighted by Gasteiger charge is -2.31. The highest BCUT2D eigenvalue weighted by molar-refractivity contribution is 5.94. The lowest BCUT2D eigenvalue weighted by Crippen LogP contribution is -2.51. The Hall–Kier alpha value is -2.24. The summed E-state index contributed by atoms with van der Waals surface area (Å²) >= 11 is 0. The van der Waals surface area contributed by atoms with E-state index < -0.39 is 0 Å². The van der Waals surface area contributed by atoms with Gasteiger partial charge < -0.3 is 10.1 Å². The molecule has 29 heavy (non-hydrogen) atoms. The van der Waals surface area contributed by atoms with Gasteiger partial charge in [0.05, 0.1) is 5.54 Å². The molecule has 0 aliphatic carbocycles. The molecule has 1 heterocycles. The van der Waals surface area contributed by atoms with Crippen LogP contribution in [0.15, 0.2) is 48.5 Å². The molecule has 1 N–H and O–H groups in total. The fraction of sp³-hybridized carbons (Fsp3) is 0.458. The van der Waals surface area contributed by atoms with Crippen molar-refractivity contribution in [1.29, 1.82) is 0 Å². The van der Waals surface area contributed by atoms with Gasteiger partial charge in [0.15, 0.2) is 0 Å². The molecular weight excluding hydrogens is 367 g/mol. The third-order valence-electron chi connectivity index (χ3n) is 5.76. The van der Waals surface area contributed by atoms with Crippen LogP contribution in [-0.4, -0.2) is 43.2 Å². The Labute approximate surface area is 173 Å². The molecule has 0 spiro atoms. The fourth-order valence-electron chi connectivity index (χ4n) is 3.94. The van der Waals surface area contributed by atoms with Crippen LogP contribution in [0.25, 0.3) is 0 Å². The van der Waals surface area contributed by atoms with E-state index >= 15 is 0 Å². The number of halogens is 1. The van der Waals surface area contributed by atoms with E-state index in [1.807, 2.05) is 0 Å². The number of ether oxygens (including phenoxy) is 1. The van der Waals surface area contributed by atoms with Crippen LogP contribution < -0.4 is 5.32 Å². The maximum Gasteiger partial charge on any atom is 0.251 e. The summed E-state index contributed by atoms with van der Waals surface area (Å²) in [5.74, 6) is 0.0228. The van der Waals surface area contributed by atoms with Gasteiger partial charge in [0, 0.05) is 38.9 Å². The lowest BCUT2D eigenvalue weighted by atomic mass is 9.93. The molecule has 3 rings (SSSR count). The Morgan fingerprint density at radius 3 is 2.48 bits per heavy atom. The standard InChI is InChI=1S/C24H31FN2O2/c1-18(2)20-6-4-19(5-7-20)16-27-14-12-24(17-27,13-15-29-3)26-23(28)21-8-10-22(25)11-9-21/h4-11,18H,12-17H2,1-3H3,(H,26,28). The average Bonchev–Trinajstić information content (AvgIpc) is 3.10. The van der Waals surface area contributed by atoms with Crippen molar-refractivity contribution in [2.75, 3.05) is 26.8 Å². The van der Waals surface area contributed by atoms with Crippen LogP contribution in [-0.2, 0) is 11.3 Å². The first-order valence-electron chi connectivity index (χ1n) is 10.3. The average molecular weight is 399 g/mol. The van der Waals surface area contributed by atoms with Crippen molar-refractivity contribution < 1.29 is 13.9 Å². The first-order valence-corrected chi connectivity index (χ1v) is 10.3. The van der Waals surface area contributed by atoms with Crippen LogP contribution in [0.1, 0.15) is 54.1 Å². The number of amides is 1. The van der Waals surface area contributed by atoms with E-state index in [4.69, 9.17) is 4.74 Å². The number of nitrogens with zero attached hydrogens (tertiary/aromatic N) is 1. The third kappa shape index (κ3) is 5.64. The number of methoxy groups -OCH3 is 1. The zero-order chi connectivity index (χ0) is 20.9. The number of hydrogen-bond acceptors (Lipinski definition) is 3. The number of rotatable bonds is 8. The molecule has 1 unspecified atom stereocenters. The van der Waals surface area contributed by atoms with Crippen molar-refractivity contribution in [3.8, 4) is 0 Å². The van der Waals surface area contributed by atoms with Gasteiger partial charge in [-0.2, -0.15) is 0 Å². The minimum Gasteiger partial charge on any atom is -0.385 e. The molecular formula is C24H31FN2O2. The Morgan fingerprint density at radius 1 is 1.17 bits per heavy atom. The lowest BCUT2D eigenvalue weighted by molar-refractivity contribution is 0.0864. The first-order chi connectivity index (χ1) is 13.9. The van der Waals surface area contributed by atoms with Crippen molar-refractivity contribution >= 4 is 5.91 Å². The minimum absolute atomic E-state index is 0.163. The molecule has 1 fully saturated rings. The zero-order valence-corrected chi connectivity index (χ0v) is 17.6. The van der Waals surface area contributed by atoms with Gasteiger partial charge in [-0.05, 0) is 54.2 Å². The fourth-order valence-corrected chi connectivity index (χ4v) is 3.94. The molecule has 1 aliphatic heterocycles. The summed E-state index contributed by atoms with van der Waals surface area (Å²) in [7, 11) is 1.68. The van der Waals surface area contributed by atoms with Crippen molar-refractivity contribution in [3.05, 3.63) is 71.0 Å². The molecule has 0 radical (unpaired) electrons. The largest absolute Gasteiger partial charge is 0.385 e. The number of likely N-dealkylation sites (tertiary alicyclic amines) is 1. The van der Waals surface area contributed by atoms with Crippen LogP contribution in [0.5, 0.6) is 0 Å². The van der Waals surface area contributed by atoms with Crippen LogP contribution >= 0.6 is 0 Å². The normalized spacial score (nSPS) is 19.6. The van der Waals surface area contributed by atoms with Crippen LogP contribution in [0.3, 0.4) is 0 Å². The molecule has 0 bridgehead atoms. The van der Waals surface area contributed by atoms with Gasteiger partial charge in [-0.15, -0.1) is 0 Å². The zero-order valence-electron chi connectivity index (χ0n) is 17.6. The topological polar surface area (TPSA) is 41.6 Å². The van der Waals surface area contributed by atoms with Gasteiger partial charge >= 0.3 is 0 Å². The van der Waals surface area contributed by atoms with E-state index in [1.165, 1.54) is 35.4 Å². The van der Waals surface area contributed by atoms with Gasteiger partial charge in [-0.1, -0.05) is 38.1 Å². The molecule has 5 heteroatoms. The van der Waals surface area contributed by atoms with Crippen LogP contribution in [0, 0.1) is 5.82 Å². The Bertz CT molecular complexity index is 805. The third-order valence-corrected chi connectivity index (χ3v) is 5.76. The molecule has 1 atom stereocenters. The van der Waals surface area contributed by atoms with Gasteiger partial charge in [0.1, 0.15) is 5.82 Å². The molecule has 0 aromatic heterocycles. The summed E-state index contributed by atoms with van der Waals surface area (Å²) < 4.78 is 18.5. The van der Waals surface area contributed by atoms with E-state index in [-0.39, 0.29) is 17.3 Å². The van der Waals surface area contributed by atoms with Gasteiger partial charge in [0.25, 0.3) is 5.91 Å². The number of carbonyl (C=O) groups is 1. The van der Waals surface area contributed by atoms with E-state index in [0.29, 0.717) is 18.1 Å². The van der Waals surface area contributed by atoms with Crippen molar-refractivity contribution in [1.82, 2.24) is 10.2 Å². The van der Waals surface area contributed by atoms with Crippen LogP contribution in [0.2, 0.25) is 0 Å². The Morgan fingerprint density at radius 2 is 1.86 bits per heavy atom. The Balaban J connectivity index is 1.67. The van der Waals surface area contributed by atoms with Crippen molar-refractivity contribution in [2.45, 2.75) is 44.7 Å². The highest BCUT2D eigenvalue weighted by atomic mass is 19.1. The number of hydrogen-bond donors (Lipinski definition) is 1. The number of carbonyl (C=O) groups excluding carboxylic acids is 1. The van der Waals surface area contributed by atoms with Crippen molar-refractivity contribution in [2.24, 2.45) is 0 Å². The quantitative estimate of drug-likeness (QED) is 0.718. The van der Waals surface area contributed by atoms with E-state index in [9.17, 15) is 9.18 Å². The highest BCUT2D eigenvalue weighted by Gasteiger charge is 2.39. The summed E-state index contributed by atoms with van der Waals surface area (Å²) in [6.07, 6.45) is 1.62. The Kier molecular flexibility index (Phi) is 7.04. The molecule has 2 aromatic carbocycles. The maximum absolute atomic E-state index is 13.2. The van der Waals surface area contributed by atoms with E-state index in [1.54, 1.807) is 7.11 Å². The second-order valence-electron chi connectivity index (χ2n) is 8.34. The molecule has 1 aliphatic rings. The van der Waals surface area contributed by atoms with Gasteiger partial charge in [-0.25, -0.2) is 4.39 Å². The summed E-state index contributed by atoms with van der Waals surface area (Å²) in [5.41, 5.74) is 2.77. The predicted molar refractivity (Wildman–Crippen MR) is 114 cm³/mol. The predicted octanol–water partition coefficient (Wildman–Crippen LogP) is 4.36. The highest BCUT2D eigenvalue weighted by Crippen LogP contribution is 2.27. The van der Waals surface area contributed by atoms with E-state index in [2.05, 4.69) is 48.3 Å². The summed E-state index contributed by atoms with van der Waals surface area (Å²) in [6, 6.07) is 14.5. The smallest absolute Gasteiger partial charge is 0.251 e.